The van der Waals surface area contributed by atoms with Crippen molar-refractivity contribution in [2.75, 3.05) is 25.7 Å². The number of ether oxygens (including phenoxy) is 1. The van der Waals surface area contributed by atoms with Crippen LogP contribution in [0.15, 0.2) is 30.3 Å². The summed E-state index contributed by atoms with van der Waals surface area (Å²) in [5, 5.41) is 11.7. The molecular formula is C17H24N2O5S. The number of thioether (sulfide) groups is 1. The van der Waals surface area contributed by atoms with Gasteiger partial charge in [0.2, 0.25) is 5.91 Å². The Labute approximate surface area is 151 Å². The van der Waals surface area contributed by atoms with E-state index in [1.54, 1.807) is 36.0 Å². The predicted octanol–water partition coefficient (Wildman–Crippen LogP) is 1.23. The Balaban J connectivity index is 2.66. The zero-order valence-electron chi connectivity index (χ0n) is 14.6. The minimum atomic E-state index is -1.10. The van der Waals surface area contributed by atoms with Crippen LogP contribution in [0.5, 0.6) is 5.75 Å². The maximum Gasteiger partial charge on any atom is 0.326 e. The van der Waals surface area contributed by atoms with E-state index in [-0.39, 0.29) is 6.61 Å². The van der Waals surface area contributed by atoms with E-state index in [9.17, 15) is 14.4 Å². The molecule has 1 aromatic rings. The Morgan fingerprint density at radius 3 is 2.48 bits per heavy atom. The van der Waals surface area contributed by atoms with Gasteiger partial charge in [-0.3, -0.25) is 9.59 Å². The third-order valence-electron chi connectivity index (χ3n) is 3.64. The Bertz CT molecular complexity index is 582. The van der Waals surface area contributed by atoms with Gasteiger partial charge < -0.3 is 20.1 Å². The minimum absolute atomic E-state index is 0.217. The predicted molar refractivity (Wildman–Crippen MR) is 96.7 cm³/mol. The van der Waals surface area contributed by atoms with Gasteiger partial charge >= 0.3 is 5.97 Å². The Morgan fingerprint density at radius 2 is 1.92 bits per heavy atom. The van der Waals surface area contributed by atoms with Crippen molar-refractivity contribution in [3.05, 3.63) is 30.3 Å². The second-order valence-electron chi connectivity index (χ2n) is 5.47. The number of benzene rings is 1. The van der Waals surface area contributed by atoms with E-state index in [4.69, 9.17) is 9.84 Å². The molecule has 0 spiro atoms. The lowest BCUT2D eigenvalue weighted by Gasteiger charge is -2.27. The monoisotopic (exact) mass is 368 g/mol. The van der Waals surface area contributed by atoms with E-state index in [2.05, 4.69) is 5.32 Å². The smallest absolute Gasteiger partial charge is 0.326 e. The number of carboxylic acids is 1. The number of aliphatic carboxylic acids is 1. The molecule has 0 saturated carbocycles. The van der Waals surface area contributed by atoms with Crippen molar-refractivity contribution in [2.24, 2.45) is 0 Å². The number of nitrogens with zero attached hydrogens (tertiary/aromatic N) is 1. The van der Waals surface area contributed by atoms with E-state index >= 15 is 0 Å². The van der Waals surface area contributed by atoms with Gasteiger partial charge in [-0.05, 0) is 37.5 Å². The minimum Gasteiger partial charge on any atom is -0.484 e. The molecular weight excluding hydrogens is 344 g/mol. The summed E-state index contributed by atoms with van der Waals surface area (Å²) in [4.78, 5) is 36.8. The lowest BCUT2D eigenvalue weighted by molar-refractivity contribution is -0.149. The molecule has 2 N–H and O–H groups in total. The molecule has 0 bridgehead atoms. The van der Waals surface area contributed by atoms with Gasteiger partial charge in [0, 0.05) is 7.05 Å². The number of amides is 2. The van der Waals surface area contributed by atoms with Gasteiger partial charge in [-0.2, -0.15) is 11.8 Å². The van der Waals surface area contributed by atoms with E-state index in [1.165, 1.54) is 14.0 Å². The first-order valence-corrected chi connectivity index (χ1v) is 9.21. The summed E-state index contributed by atoms with van der Waals surface area (Å²) < 4.78 is 5.36. The molecule has 2 atom stereocenters. The lowest BCUT2D eigenvalue weighted by atomic mass is 10.1. The fraction of sp³-hybridized carbons (Fsp3) is 0.471. The average molecular weight is 368 g/mol. The third kappa shape index (κ3) is 7.04. The summed E-state index contributed by atoms with van der Waals surface area (Å²) in [5.74, 6) is -0.748. The molecule has 7 nitrogen and oxygen atoms in total. The summed E-state index contributed by atoms with van der Waals surface area (Å²) in [6, 6.07) is 7.12. The molecule has 0 aliphatic heterocycles. The van der Waals surface area contributed by atoms with Crippen molar-refractivity contribution in [2.45, 2.75) is 25.4 Å². The average Bonchev–Trinajstić information content (AvgIpc) is 2.62. The second kappa shape index (κ2) is 10.6. The first kappa shape index (κ1) is 20.8. The van der Waals surface area contributed by atoms with Crippen LogP contribution in [0.2, 0.25) is 0 Å². The number of nitrogens with one attached hydrogen (secondary N) is 1. The number of carbonyl (C=O) groups is 3. The quantitative estimate of drug-likeness (QED) is 0.645. The maximum atomic E-state index is 12.5. The van der Waals surface area contributed by atoms with Crippen LogP contribution in [0.1, 0.15) is 13.3 Å². The molecule has 138 valence electrons. The van der Waals surface area contributed by atoms with Gasteiger partial charge in [0.05, 0.1) is 0 Å². The highest BCUT2D eigenvalue weighted by Crippen LogP contribution is 2.09. The fourth-order valence-electron chi connectivity index (χ4n) is 2.00. The van der Waals surface area contributed by atoms with Crippen LogP contribution >= 0.6 is 11.8 Å². The molecule has 0 aromatic heterocycles. The van der Waals surface area contributed by atoms with Gasteiger partial charge in [-0.1, -0.05) is 18.2 Å². The molecule has 1 rings (SSSR count). The van der Waals surface area contributed by atoms with Crippen molar-refractivity contribution >= 4 is 29.5 Å². The van der Waals surface area contributed by atoms with Crippen LogP contribution in [0.25, 0.3) is 0 Å². The fourth-order valence-corrected chi connectivity index (χ4v) is 2.47. The number of carbonyl (C=O) groups excluding carboxylic acids is 2. The number of para-hydroxylation sites is 1. The molecule has 0 aliphatic rings. The van der Waals surface area contributed by atoms with Gasteiger partial charge in [0.25, 0.3) is 5.91 Å². The standard InChI is InChI=1S/C17H24N2O5S/c1-12(17(22)23)19(2)16(21)14(9-10-25-3)18-15(20)11-24-13-7-5-4-6-8-13/h4-8,12,14H,9-11H2,1-3H3,(H,18,20)(H,22,23). The molecule has 2 unspecified atom stereocenters. The van der Waals surface area contributed by atoms with Crippen LogP contribution in [0, 0.1) is 0 Å². The maximum absolute atomic E-state index is 12.5. The first-order valence-electron chi connectivity index (χ1n) is 7.82. The van der Waals surface area contributed by atoms with Crippen LogP contribution in [0.3, 0.4) is 0 Å². The number of likely N-dealkylation sites (N-methyl/N-ethyl adjacent to an activating group) is 1. The largest absolute Gasteiger partial charge is 0.484 e. The van der Waals surface area contributed by atoms with Crippen LogP contribution in [-0.2, 0) is 14.4 Å². The van der Waals surface area contributed by atoms with Crippen molar-refractivity contribution in [1.29, 1.82) is 0 Å². The highest BCUT2D eigenvalue weighted by Gasteiger charge is 2.29. The van der Waals surface area contributed by atoms with Crippen molar-refractivity contribution in [1.82, 2.24) is 10.2 Å². The van der Waals surface area contributed by atoms with E-state index in [0.29, 0.717) is 17.9 Å². The normalized spacial score (nSPS) is 12.8. The van der Waals surface area contributed by atoms with Crippen molar-refractivity contribution < 1.29 is 24.2 Å². The van der Waals surface area contributed by atoms with Crippen LogP contribution < -0.4 is 10.1 Å². The summed E-state index contributed by atoms with van der Waals surface area (Å²) >= 11 is 1.54. The number of hydrogen-bond acceptors (Lipinski definition) is 5. The Kier molecular flexibility index (Phi) is 8.83. The van der Waals surface area contributed by atoms with E-state index in [0.717, 1.165) is 4.90 Å². The lowest BCUT2D eigenvalue weighted by Crippen LogP contribution is -2.52. The second-order valence-corrected chi connectivity index (χ2v) is 6.45. The van der Waals surface area contributed by atoms with Gasteiger partial charge in [-0.25, -0.2) is 4.79 Å². The van der Waals surface area contributed by atoms with E-state index < -0.39 is 29.9 Å². The summed E-state index contributed by atoms with van der Waals surface area (Å²) in [6.07, 6.45) is 2.30. The molecule has 0 radical (unpaired) electrons. The van der Waals surface area contributed by atoms with Gasteiger partial charge in [0.15, 0.2) is 6.61 Å². The molecule has 25 heavy (non-hydrogen) atoms. The zero-order chi connectivity index (χ0) is 18.8. The van der Waals surface area contributed by atoms with Gasteiger partial charge in [0.1, 0.15) is 17.8 Å². The Morgan fingerprint density at radius 1 is 1.28 bits per heavy atom. The summed E-state index contributed by atoms with van der Waals surface area (Å²) in [5.41, 5.74) is 0. The zero-order valence-corrected chi connectivity index (χ0v) is 15.4. The third-order valence-corrected chi connectivity index (χ3v) is 4.29. The molecule has 2 amide bonds. The highest BCUT2D eigenvalue weighted by atomic mass is 32.2. The van der Waals surface area contributed by atoms with Crippen LogP contribution in [0.4, 0.5) is 0 Å². The van der Waals surface area contributed by atoms with E-state index in [1.807, 2.05) is 12.3 Å². The van der Waals surface area contributed by atoms with Crippen molar-refractivity contribution in [3.8, 4) is 5.75 Å². The summed E-state index contributed by atoms with van der Waals surface area (Å²) in [6.45, 7) is 1.21. The molecule has 0 aliphatic carbocycles. The molecule has 0 fully saturated rings. The SMILES string of the molecule is CSCCC(NC(=O)COc1ccccc1)C(=O)N(C)C(C)C(=O)O. The number of rotatable bonds is 10. The first-order chi connectivity index (χ1) is 11.9. The summed E-state index contributed by atoms with van der Waals surface area (Å²) in [7, 11) is 1.42. The number of carboxylic acid groups (broad SMARTS) is 1. The molecule has 0 saturated heterocycles. The highest BCUT2D eigenvalue weighted by molar-refractivity contribution is 7.98. The topological polar surface area (TPSA) is 95.9 Å². The molecule has 0 heterocycles. The van der Waals surface area contributed by atoms with Crippen LogP contribution in [-0.4, -0.2) is 65.5 Å². The van der Waals surface area contributed by atoms with Gasteiger partial charge in [-0.15, -0.1) is 0 Å². The molecule has 1 aromatic carbocycles. The van der Waals surface area contributed by atoms with Crippen molar-refractivity contribution in [3.63, 3.8) is 0 Å². The number of hydrogen-bond donors (Lipinski definition) is 2. The molecule has 8 heteroatoms. The Hall–Kier alpha value is -2.22.